The number of nitrogens with zero attached hydrogens (tertiary/aromatic N) is 5. The molecule has 2 aliphatic heterocycles. The van der Waals surface area contributed by atoms with Crippen molar-refractivity contribution in [3.63, 3.8) is 0 Å². The maximum atomic E-state index is 12.4. The van der Waals surface area contributed by atoms with Crippen molar-refractivity contribution in [1.29, 1.82) is 0 Å². The second kappa shape index (κ2) is 6.57. The lowest BCUT2D eigenvalue weighted by Crippen LogP contribution is -2.51. The third-order valence-electron chi connectivity index (χ3n) is 4.91. The van der Waals surface area contributed by atoms with Gasteiger partial charge in [0.25, 0.3) is 11.5 Å². The second-order valence-electron chi connectivity index (χ2n) is 6.62. The van der Waals surface area contributed by atoms with Gasteiger partial charge in [-0.1, -0.05) is 0 Å². The lowest BCUT2D eigenvalue weighted by Gasteiger charge is -2.35. The Kier molecular flexibility index (Phi) is 4.26. The van der Waals surface area contributed by atoms with E-state index in [2.05, 4.69) is 20.0 Å². The van der Waals surface area contributed by atoms with Gasteiger partial charge in [0.1, 0.15) is 17.3 Å². The van der Waals surface area contributed by atoms with Crippen molar-refractivity contribution < 1.29 is 9.53 Å². The van der Waals surface area contributed by atoms with E-state index in [-0.39, 0.29) is 17.6 Å². The number of nitrogens with one attached hydrogen (secondary N) is 1. The molecule has 2 aromatic heterocycles. The summed E-state index contributed by atoms with van der Waals surface area (Å²) in [5, 5.41) is 4.57. The SMILES string of the molecule is Cn1ncc2c(=O)[nH]c(CN3CCN(C(=O)[C@@H]4CCCO4)CC3)nc21. The van der Waals surface area contributed by atoms with E-state index in [4.69, 9.17) is 4.74 Å². The molecule has 2 saturated heterocycles. The molecule has 25 heavy (non-hydrogen) atoms. The lowest BCUT2D eigenvalue weighted by molar-refractivity contribution is -0.142. The largest absolute Gasteiger partial charge is 0.368 e. The highest BCUT2D eigenvalue weighted by Gasteiger charge is 2.30. The Labute approximate surface area is 144 Å². The van der Waals surface area contributed by atoms with Crippen LogP contribution in [0.4, 0.5) is 0 Å². The van der Waals surface area contributed by atoms with E-state index in [1.165, 1.54) is 6.20 Å². The van der Waals surface area contributed by atoms with E-state index < -0.39 is 0 Å². The van der Waals surface area contributed by atoms with Gasteiger partial charge in [-0.3, -0.25) is 19.2 Å². The summed E-state index contributed by atoms with van der Waals surface area (Å²) in [4.78, 5) is 35.9. The number of aromatic amines is 1. The fraction of sp³-hybridized carbons (Fsp3) is 0.625. The van der Waals surface area contributed by atoms with Crippen LogP contribution >= 0.6 is 0 Å². The van der Waals surface area contributed by atoms with E-state index in [9.17, 15) is 9.59 Å². The third kappa shape index (κ3) is 3.16. The molecule has 0 aliphatic carbocycles. The number of carbonyl (C=O) groups is 1. The monoisotopic (exact) mass is 346 g/mol. The van der Waals surface area contributed by atoms with Crippen LogP contribution in [0.15, 0.2) is 11.0 Å². The Hall–Kier alpha value is -2.26. The number of piperazine rings is 1. The van der Waals surface area contributed by atoms with Gasteiger partial charge in [-0.05, 0) is 12.8 Å². The van der Waals surface area contributed by atoms with Crippen LogP contribution in [0.2, 0.25) is 0 Å². The quantitative estimate of drug-likeness (QED) is 0.803. The highest BCUT2D eigenvalue weighted by molar-refractivity contribution is 5.81. The fourth-order valence-electron chi connectivity index (χ4n) is 3.47. The smallest absolute Gasteiger partial charge is 0.262 e. The number of rotatable bonds is 3. The number of hydrogen-bond donors (Lipinski definition) is 1. The molecule has 134 valence electrons. The minimum Gasteiger partial charge on any atom is -0.368 e. The van der Waals surface area contributed by atoms with Crippen LogP contribution in [0.1, 0.15) is 18.7 Å². The van der Waals surface area contributed by atoms with Crippen LogP contribution in [0, 0.1) is 0 Å². The van der Waals surface area contributed by atoms with E-state index >= 15 is 0 Å². The molecular formula is C16H22N6O3. The molecule has 0 aromatic carbocycles. The normalized spacial score (nSPS) is 22.0. The maximum absolute atomic E-state index is 12.4. The lowest BCUT2D eigenvalue weighted by atomic mass is 10.2. The van der Waals surface area contributed by atoms with Crippen molar-refractivity contribution in [3.05, 3.63) is 22.4 Å². The summed E-state index contributed by atoms with van der Waals surface area (Å²) >= 11 is 0. The number of aryl methyl sites for hydroxylation is 1. The van der Waals surface area contributed by atoms with Crippen LogP contribution in [-0.2, 0) is 23.1 Å². The molecule has 9 nitrogen and oxygen atoms in total. The second-order valence-corrected chi connectivity index (χ2v) is 6.62. The minimum atomic E-state index is -0.253. The Morgan fingerprint density at radius 2 is 2.16 bits per heavy atom. The topological polar surface area (TPSA) is 96.4 Å². The molecule has 0 unspecified atom stereocenters. The van der Waals surface area contributed by atoms with Gasteiger partial charge in [0.05, 0.1) is 12.7 Å². The highest BCUT2D eigenvalue weighted by Crippen LogP contribution is 2.16. The van der Waals surface area contributed by atoms with Gasteiger partial charge >= 0.3 is 0 Å². The van der Waals surface area contributed by atoms with Gasteiger partial charge in [-0.2, -0.15) is 5.10 Å². The maximum Gasteiger partial charge on any atom is 0.262 e. The van der Waals surface area contributed by atoms with Crippen LogP contribution in [0.25, 0.3) is 11.0 Å². The molecule has 2 fully saturated rings. The van der Waals surface area contributed by atoms with Crippen LogP contribution in [0.3, 0.4) is 0 Å². The number of carbonyl (C=O) groups excluding carboxylic acids is 1. The zero-order valence-electron chi connectivity index (χ0n) is 14.3. The molecule has 0 saturated carbocycles. The molecule has 9 heteroatoms. The number of H-pyrrole nitrogens is 1. The van der Waals surface area contributed by atoms with Crippen molar-refractivity contribution in [3.8, 4) is 0 Å². The summed E-state index contributed by atoms with van der Waals surface area (Å²) in [5.41, 5.74) is 0.422. The van der Waals surface area contributed by atoms with E-state index in [0.717, 1.165) is 25.9 Å². The Morgan fingerprint density at radius 1 is 1.36 bits per heavy atom. The standard InChI is InChI=1S/C16H22N6O3/c1-20-14-11(9-17-20)15(23)19-13(18-14)10-21-4-6-22(7-5-21)16(24)12-3-2-8-25-12/h9,12H,2-8,10H2,1H3,(H,18,19,23)/t12-/m0/s1. The number of fused-ring (bicyclic) bond motifs is 1. The predicted molar refractivity (Wildman–Crippen MR) is 90.0 cm³/mol. The summed E-state index contributed by atoms with van der Waals surface area (Å²) in [6.07, 6.45) is 3.07. The van der Waals surface area contributed by atoms with Gasteiger partial charge in [0, 0.05) is 39.8 Å². The molecular weight excluding hydrogens is 324 g/mol. The summed E-state index contributed by atoms with van der Waals surface area (Å²) in [6.45, 7) is 4.11. The molecule has 1 N–H and O–H groups in total. The molecule has 0 spiro atoms. The fourth-order valence-corrected chi connectivity index (χ4v) is 3.47. The number of ether oxygens (including phenoxy) is 1. The average molecular weight is 346 g/mol. The van der Waals surface area contributed by atoms with Gasteiger partial charge in [0.15, 0.2) is 5.65 Å². The van der Waals surface area contributed by atoms with E-state index in [1.807, 2.05) is 4.90 Å². The zero-order valence-corrected chi connectivity index (χ0v) is 14.3. The third-order valence-corrected chi connectivity index (χ3v) is 4.91. The number of amides is 1. The van der Waals surface area contributed by atoms with E-state index in [1.54, 1.807) is 11.7 Å². The molecule has 1 atom stereocenters. The van der Waals surface area contributed by atoms with Crippen LogP contribution < -0.4 is 5.56 Å². The van der Waals surface area contributed by atoms with Crippen molar-refractivity contribution >= 4 is 16.9 Å². The van der Waals surface area contributed by atoms with Crippen LogP contribution in [0.5, 0.6) is 0 Å². The van der Waals surface area contributed by atoms with Gasteiger partial charge < -0.3 is 14.6 Å². The molecule has 0 radical (unpaired) electrons. The zero-order chi connectivity index (χ0) is 17.4. The first-order valence-corrected chi connectivity index (χ1v) is 8.65. The number of aromatic nitrogens is 4. The van der Waals surface area contributed by atoms with Crippen molar-refractivity contribution in [2.45, 2.75) is 25.5 Å². The summed E-state index contributed by atoms with van der Waals surface area (Å²) in [7, 11) is 1.77. The Morgan fingerprint density at radius 3 is 2.88 bits per heavy atom. The van der Waals surface area contributed by atoms with Crippen molar-refractivity contribution in [2.24, 2.45) is 7.05 Å². The van der Waals surface area contributed by atoms with Gasteiger partial charge in [-0.25, -0.2) is 4.98 Å². The van der Waals surface area contributed by atoms with Crippen LogP contribution in [-0.4, -0.2) is 74.3 Å². The average Bonchev–Trinajstić information content (AvgIpc) is 3.26. The number of hydrogen-bond acceptors (Lipinski definition) is 6. The predicted octanol–water partition coefficient (Wildman–Crippen LogP) is -0.520. The molecule has 4 heterocycles. The summed E-state index contributed by atoms with van der Waals surface area (Å²) < 4.78 is 7.09. The summed E-state index contributed by atoms with van der Waals surface area (Å²) in [5.74, 6) is 0.736. The van der Waals surface area contributed by atoms with Crippen molar-refractivity contribution in [1.82, 2.24) is 29.5 Å². The molecule has 0 bridgehead atoms. The van der Waals surface area contributed by atoms with Gasteiger partial charge in [0.2, 0.25) is 0 Å². The molecule has 4 rings (SSSR count). The summed E-state index contributed by atoms with van der Waals surface area (Å²) in [6, 6.07) is 0. The molecule has 2 aromatic rings. The minimum absolute atomic E-state index is 0.111. The Bertz CT molecular complexity index is 830. The van der Waals surface area contributed by atoms with E-state index in [0.29, 0.717) is 43.1 Å². The first-order chi connectivity index (χ1) is 12.1. The van der Waals surface area contributed by atoms with Gasteiger partial charge in [-0.15, -0.1) is 0 Å². The molecule has 2 aliphatic rings. The van der Waals surface area contributed by atoms with Crippen molar-refractivity contribution in [2.75, 3.05) is 32.8 Å². The molecule has 1 amide bonds. The first kappa shape index (κ1) is 16.2. The first-order valence-electron chi connectivity index (χ1n) is 8.65. The Balaban J connectivity index is 1.39. The highest BCUT2D eigenvalue weighted by atomic mass is 16.5.